The second-order valence-corrected chi connectivity index (χ2v) is 9.00. The molecule has 0 radical (unpaired) electrons. The van der Waals surface area contributed by atoms with E-state index < -0.39 is 0 Å². The number of pyridine rings is 2. The van der Waals surface area contributed by atoms with Crippen LogP contribution in [0.1, 0.15) is 48.2 Å². The molecule has 1 saturated heterocycles. The number of rotatable bonds is 7. The summed E-state index contributed by atoms with van der Waals surface area (Å²) in [5, 5.41) is 6.27. The lowest BCUT2D eigenvalue weighted by Gasteiger charge is -2.36. The summed E-state index contributed by atoms with van der Waals surface area (Å²) in [7, 11) is 2.21. The van der Waals surface area contributed by atoms with Gasteiger partial charge < -0.3 is 15.5 Å². The molecule has 1 unspecified atom stereocenters. The number of anilines is 2. The van der Waals surface area contributed by atoms with Crippen LogP contribution in [-0.4, -0.2) is 40.4 Å². The molecule has 6 heteroatoms. The van der Waals surface area contributed by atoms with Crippen LogP contribution in [-0.2, 0) is 12.0 Å². The monoisotopic (exact) mass is 429 g/mol. The number of carbonyl (C=O) groups excluding carboxylic acids is 1. The first-order valence-corrected chi connectivity index (χ1v) is 11.1. The van der Waals surface area contributed by atoms with Gasteiger partial charge in [-0.2, -0.15) is 0 Å². The van der Waals surface area contributed by atoms with Crippen molar-refractivity contribution in [2.45, 2.75) is 44.7 Å². The highest BCUT2D eigenvalue weighted by atomic mass is 16.1. The maximum atomic E-state index is 13.0. The lowest BCUT2D eigenvalue weighted by molar-refractivity contribution is 0.102. The Balaban J connectivity index is 1.44. The van der Waals surface area contributed by atoms with Crippen molar-refractivity contribution in [3.63, 3.8) is 0 Å². The van der Waals surface area contributed by atoms with Crippen LogP contribution in [0.15, 0.2) is 67.1 Å². The van der Waals surface area contributed by atoms with Crippen molar-refractivity contribution < 1.29 is 4.79 Å². The highest BCUT2D eigenvalue weighted by molar-refractivity contribution is 6.07. The van der Waals surface area contributed by atoms with Crippen molar-refractivity contribution >= 4 is 17.4 Å². The summed E-state index contributed by atoms with van der Waals surface area (Å²) in [6, 6.07) is 16.2. The van der Waals surface area contributed by atoms with Gasteiger partial charge in [0.2, 0.25) is 0 Å². The second-order valence-electron chi connectivity index (χ2n) is 9.00. The first-order valence-electron chi connectivity index (χ1n) is 11.1. The minimum atomic E-state index is -0.183. The number of hydrogen-bond donors (Lipinski definition) is 2. The fraction of sp³-hybridized carbons (Fsp3) is 0.346. The van der Waals surface area contributed by atoms with Gasteiger partial charge in [0.1, 0.15) is 5.82 Å². The predicted octanol–water partition coefficient (Wildman–Crippen LogP) is 4.71. The highest BCUT2D eigenvalue weighted by Crippen LogP contribution is 2.36. The minimum absolute atomic E-state index is 0.0567. The fourth-order valence-corrected chi connectivity index (χ4v) is 4.61. The molecule has 0 saturated carbocycles. The summed E-state index contributed by atoms with van der Waals surface area (Å²) in [5.41, 5.74) is 3.71. The van der Waals surface area contributed by atoms with E-state index in [4.69, 9.17) is 0 Å². The topological polar surface area (TPSA) is 70.2 Å². The number of amides is 1. The van der Waals surface area contributed by atoms with E-state index in [2.05, 4.69) is 58.5 Å². The quantitative estimate of drug-likeness (QED) is 0.569. The van der Waals surface area contributed by atoms with Gasteiger partial charge in [0.05, 0.1) is 5.56 Å². The molecule has 2 N–H and O–H groups in total. The molecule has 6 nitrogen and oxygen atoms in total. The van der Waals surface area contributed by atoms with E-state index >= 15 is 0 Å². The normalized spacial score (nSPS) is 16.7. The number of aromatic nitrogens is 2. The highest BCUT2D eigenvalue weighted by Gasteiger charge is 2.36. The summed E-state index contributed by atoms with van der Waals surface area (Å²) >= 11 is 0. The van der Waals surface area contributed by atoms with Gasteiger partial charge in [-0.25, -0.2) is 4.98 Å². The van der Waals surface area contributed by atoms with Gasteiger partial charge in [-0.15, -0.1) is 0 Å². The zero-order valence-electron chi connectivity index (χ0n) is 19.0. The average molecular weight is 430 g/mol. The Morgan fingerprint density at radius 3 is 2.53 bits per heavy atom. The van der Waals surface area contributed by atoms with Gasteiger partial charge in [-0.05, 0) is 74.0 Å². The van der Waals surface area contributed by atoms with Crippen LogP contribution in [0, 0.1) is 0 Å². The van der Waals surface area contributed by atoms with Crippen LogP contribution in [0.5, 0.6) is 0 Å². The largest absolute Gasteiger partial charge is 0.365 e. The number of benzene rings is 1. The Labute approximate surface area is 190 Å². The first kappa shape index (κ1) is 22.0. The maximum absolute atomic E-state index is 13.0. The van der Waals surface area contributed by atoms with E-state index in [1.165, 1.54) is 18.4 Å². The van der Waals surface area contributed by atoms with Crippen molar-refractivity contribution in [1.82, 2.24) is 14.9 Å². The molecule has 3 aromatic rings. The summed E-state index contributed by atoms with van der Waals surface area (Å²) in [4.78, 5) is 23.8. The summed E-state index contributed by atoms with van der Waals surface area (Å²) in [5.74, 6) is 0.377. The van der Waals surface area contributed by atoms with Crippen molar-refractivity contribution in [2.75, 3.05) is 24.2 Å². The standard InChI is InChI=1S/C26H31N5O/c1-26(2,23-7-5-17-31(23)3)20-8-10-21(11-9-20)30-25(32)22-6-4-14-28-24(22)29-18-19-12-15-27-16-13-19/h4,6,8-16,23H,5,7,17-18H2,1-3H3,(H,28,29)(H,30,32). The molecular weight excluding hydrogens is 398 g/mol. The second kappa shape index (κ2) is 9.49. The van der Waals surface area contributed by atoms with E-state index in [0.717, 1.165) is 17.8 Å². The summed E-state index contributed by atoms with van der Waals surface area (Å²) < 4.78 is 0. The Bertz CT molecular complexity index is 1050. The molecule has 32 heavy (non-hydrogen) atoms. The molecule has 1 aliphatic heterocycles. The van der Waals surface area contributed by atoms with E-state index in [9.17, 15) is 4.79 Å². The Kier molecular flexibility index (Phi) is 6.51. The number of likely N-dealkylation sites (tertiary alicyclic amines) is 1. The maximum Gasteiger partial charge on any atom is 0.259 e. The van der Waals surface area contributed by atoms with Crippen molar-refractivity contribution in [2.24, 2.45) is 0 Å². The minimum Gasteiger partial charge on any atom is -0.365 e. The van der Waals surface area contributed by atoms with E-state index in [1.54, 1.807) is 30.7 Å². The van der Waals surface area contributed by atoms with E-state index in [-0.39, 0.29) is 11.3 Å². The van der Waals surface area contributed by atoms with Crippen molar-refractivity contribution in [1.29, 1.82) is 0 Å². The van der Waals surface area contributed by atoms with Crippen molar-refractivity contribution in [3.05, 3.63) is 83.8 Å². The molecule has 4 rings (SSSR count). The number of nitrogens with one attached hydrogen (secondary N) is 2. The third kappa shape index (κ3) is 4.81. The van der Waals surface area contributed by atoms with Crippen LogP contribution in [0.3, 0.4) is 0 Å². The molecule has 0 spiro atoms. The predicted molar refractivity (Wildman–Crippen MR) is 129 cm³/mol. The molecule has 0 aliphatic carbocycles. The number of likely N-dealkylation sites (N-methyl/N-ethyl adjacent to an activating group) is 1. The molecule has 1 amide bonds. The molecule has 3 heterocycles. The number of carbonyl (C=O) groups is 1. The molecule has 0 bridgehead atoms. The molecule has 1 aromatic carbocycles. The third-order valence-corrected chi connectivity index (χ3v) is 6.50. The van der Waals surface area contributed by atoms with Gasteiger partial charge in [0, 0.05) is 42.3 Å². The molecule has 1 aliphatic rings. The third-order valence-electron chi connectivity index (χ3n) is 6.50. The first-order chi connectivity index (χ1) is 15.4. The zero-order valence-corrected chi connectivity index (χ0v) is 19.0. The van der Waals surface area contributed by atoms with Gasteiger partial charge in [-0.1, -0.05) is 26.0 Å². The van der Waals surface area contributed by atoms with Crippen LogP contribution in [0.4, 0.5) is 11.5 Å². The Morgan fingerprint density at radius 2 is 1.84 bits per heavy atom. The fourth-order valence-electron chi connectivity index (χ4n) is 4.61. The SMILES string of the molecule is CN1CCCC1C(C)(C)c1ccc(NC(=O)c2cccnc2NCc2ccncc2)cc1. The lowest BCUT2D eigenvalue weighted by Crippen LogP contribution is -2.41. The van der Waals surface area contributed by atoms with Crippen LogP contribution >= 0.6 is 0 Å². The molecule has 1 fully saturated rings. The van der Waals surface area contributed by atoms with Gasteiger partial charge in [0.15, 0.2) is 0 Å². The Morgan fingerprint density at radius 1 is 1.09 bits per heavy atom. The van der Waals surface area contributed by atoms with Gasteiger partial charge >= 0.3 is 0 Å². The Hall–Kier alpha value is -3.25. The lowest BCUT2D eigenvalue weighted by atomic mass is 9.76. The molecule has 2 aromatic heterocycles. The van der Waals surface area contributed by atoms with Crippen molar-refractivity contribution in [3.8, 4) is 0 Å². The van der Waals surface area contributed by atoms with E-state index in [1.807, 2.05) is 24.3 Å². The summed E-state index contributed by atoms with van der Waals surface area (Å²) in [6.45, 7) is 6.34. The number of hydrogen-bond acceptors (Lipinski definition) is 5. The zero-order chi connectivity index (χ0) is 22.6. The van der Waals surface area contributed by atoms with Gasteiger partial charge in [0.25, 0.3) is 5.91 Å². The van der Waals surface area contributed by atoms with Crippen LogP contribution in [0.2, 0.25) is 0 Å². The van der Waals surface area contributed by atoms with Gasteiger partial charge in [-0.3, -0.25) is 9.78 Å². The summed E-state index contributed by atoms with van der Waals surface area (Å²) in [6.07, 6.45) is 7.65. The molecular formula is C26H31N5O. The molecule has 166 valence electrons. The van der Waals surface area contributed by atoms with Crippen LogP contribution < -0.4 is 10.6 Å². The smallest absolute Gasteiger partial charge is 0.259 e. The molecule has 1 atom stereocenters. The average Bonchev–Trinajstić information content (AvgIpc) is 3.26. The number of nitrogens with zero attached hydrogens (tertiary/aromatic N) is 3. The van der Waals surface area contributed by atoms with E-state index in [0.29, 0.717) is 24.0 Å². The van der Waals surface area contributed by atoms with Crippen LogP contribution in [0.25, 0.3) is 0 Å².